The first-order valence-electron chi connectivity index (χ1n) is 7.65. The number of nitrogens with one attached hydrogen (secondary N) is 1. The number of hydrogen-bond acceptors (Lipinski definition) is 9. The third-order valence-electron chi connectivity index (χ3n) is 4.63. The number of aliphatic hydroxyl groups excluding tert-OH is 2. The van der Waals surface area contributed by atoms with Gasteiger partial charge in [-0.25, -0.2) is 4.99 Å². The minimum absolute atomic E-state index is 0.203. The van der Waals surface area contributed by atoms with E-state index in [0.29, 0.717) is 16.6 Å². The minimum atomic E-state index is -1.67. The summed E-state index contributed by atoms with van der Waals surface area (Å²) in [6.45, 7) is 0.969. The van der Waals surface area contributed by atoms with Gasteiger partial charge in [0.25, 0.3) is 5.56 Å². The van der Waals surface area contributed by atoms with Gasteiger partial charge in [-0.15, -0.1) is 0 Å². The third kappa shape index (κ3) is 2.15. The van der Waals surface area contributed by atoms with Crippen LogP contribution in [0.3, 0.4) is 0 Å². The zero-order chi connectivity index (χ0) is 17.9. The molecule has 2 aromatic rings. The fourth-order valence-electron chi connectivity index (χ4n) is 3.33. The number of aromatic nitrogens is 2. The van der Waals surface area contributed by atoms with Crippen LogP contribution in [0.2, 0.25) is 0 Å². The highest BCUT2D eigenvalue weighted by Gasteiger charge is 2.53. The Morgan fingerprint density at radius 2 is 2.28 bits per heavy atom. The van der Waals surface area contributed by atoms with Crippen LogP contribution >= 0.6 is 0 Å². The molecule has 0 spiro atoms. The highest BCUT2D eigenvalue weighted by molar-refractivity contribution is 6.10. The Labute approximate surface area is 141 Å². The Bertz CT molecular complexity index is 953. The first kappa shape index (κ1) is 16.0. The van der Waals surface area contributed by atoms with Crippen LogP contribution in [0.25, 0.3) is 10.8 Å². The Hall–Kier alpha value is -2.53. The molecule has 1 saturated heterocycles. The van der Waals surface area contributed by atoms with E-state index in [9.17, 15) is 20.1 Å². The van der Waals surface area contributed by atoms with Crippen LogP contribution < -0.4 is 16.6 Å². The molecule has 0 radical (unpaired) electrons. The first-order valence-corrected chi connectivity index (χ1v) is 7.65. The Kier molecular flexibility index (Phi) is 3.34. The summed E-state index contributed by atoms with van der Waals surface area (Å²) < 4.78 is 7.16. The number of aliphatic hydroxyl groups is 3. The summed E-state index contributed by atoms with van der Waals surface area (Å²) in [5.41, 5.74) is 4.02. The van der Waals surface area contributed by atoms with Crippen LogP contribution in [-0.2, 0) is 4.74 Å². The summed E-state index contributed by atoms with van der Waals surface area (Å²) in [4.78, 5) is 20.0. The standard InChI is InChI=1S/C15H17N5O5/c1-15(24)11(23)8(4-21)25-14(15)20-3-6-7(16)2-9(22)19-12-10(6)13(20)18-5-17-12/h2-3,5,8,11,14,21,23-24H,4,16H2,1H3,(H,17,18,19,22)/t8-,11-,14-,15+/m1/s1. The zero-order valence-corrected chi connectivity index (χ0v) is 13.2. The first-order chi connectivity index (χ1) is 11.8. The maximum absolute atomic E-state index is 11.8. The molecule has 4 rings (SSSR count). The number of nitrogens with zero attached hydrogens (tertiary/aromatic N) is 3. The molecular weight excluding hydrogens is 330 g/mol. The Morgan fingerprint density at radius 3 is 2.96 bits per heavy atom. The summed E-state index contributed by atoms with van der Waals surface area (Å²) in [6.07, 6.45) is -0.296. The zero-order valence-electron chi connectivity index (χ0n) is 13.2. The van der Waals surface area contributed by atoms with Crippen molar-refractivity contribution in [1.29, 1.82) is 0 Å². The van der Waals surface area contributed by atoms with E-state index in [0.717, 1.165) is 0 Å². The molecule has 25 heavy (non-hydrogen) atoms. The fraction of sp³-hybridized carbons (Fsp3) is 0.400. The second-order valence-corrected chi connectivity index (χ2v) is 6.33. The van der Waals surface area contributed by atoms with Gasteiger partial charge in [-0.3, -0.25) is 4.79 Å². The van der Waals surface area contributed by atoms with Crippen LogP contribution in [0.5, 0.6) is 0 Å². The number of aliphatic imine (C=N–C) groups is 1. The molecule has 6 N–H and O–H groups in total. The van der Waals surface area contributed by atoms with Crippen molar-refractivity contribution in [3.63, 3.8) is 0 Å². The van der Waals surface area contributed by atoms with E-state index in [4.69, 9.17) is 10.5 Å². The number of nitrogens with two attached hydrogens (primary N) is 1. The van der Waals surface area contributed by atoms with Crippen molar-refractivity contribution in [2.75, 3.05) is 17.7 Å². The van der Waals surface area contributed by atoms with Gasteiger partial charge < -0.3 is 35.7 Å². The van der Waals surface area contributed by atoms with E-state index in [-0.39, 0.29) is 11.5 Å². The summed E-state index contributed by atoms with van der Waals surface area (Å²) in [7, 11) is 0. The van der Waals surface area contributed by atoms with Crippen LogP contribution in [0.4, 0.5) is 17.3 Å². The highest BCUT2D eigenvalue weighted by atomic mass is 16.6. The van der Waals surface area contributed by atoms with Crippen molar-refractivity contribution in [2.24, 2.45) is 4.99 Å². The van der Waals surface area contributed by atoms with E-state index in [1.54, 1.807) is 6.20 Å². The van der Waals surface area contributed by atoms with Crippen LogP contribution in [0.15, 0.2) is 22.1 Å². The topological polar surface area (TPSA) is 155 Å². The molecule has 0 aromatic carbocycles. The lowest BCUT2D eigenvalue weighted by Gasteiger charge is -2.28. The molecule has 0 bridgehead atoms. The molecule has 1 fully saturated rings. The number of nitrogen functional groups attached to an aromatic ring is 1. The number of ether oxygens (including phenoxy) is 1. The van der Waals surface area contributed by atoms with Crippen LogP contribution in [0, 0.1) is 0 Å². The van der Waals surface area contributed by atoms with E-state index in [1.807, 2.05) is 0 Å². The SMILES string of the molecule is C[C@]1(O)[C@H](O)[C@@H](CO)O[C@H]1n1cc2c(N)cc(=O)nc3c2c1N=CN3. The van der Waals surface area contributed by atoms with E-state index in [1.165, 1.54) is 23.9 Å². The molecule has 2 aromatic heterocycles. The van der Waals surface area contributed by atoms with Gasteiger partial charge in [-0.1, -0.05) is 0 Å². The number of rotatable bonds is 2. The summed E-state index contributed by atoms with van der Waals surface area (Å²) in [6, 6.07) is 1.20. The van der Waals surface area contributed by atoms with Crippen molar-refractivity contribution in [3.8, 4) is 0 Å². The number of hydrogen-bond donors (Lipinski definition) is 5. The van der Waals surface area contributed by atoms with Gasteiger partial charge in [0.05, 0.1) is 18.3 Å². The largest absolute Gasteiger partial charge is 0.398 e. The molecule has 4 heterocycles. The third-order valence-corrected chi connectivity index (χ3v) is 4.63. The maximum Gasteiger partial charge on any atom is 0.273 e. The summed E-state index contributed by atoms with van der Waals surface area (Å²) in [5, 5.41) is 34.1. The molecule has 10 nitrogen and oxygen atoms in total. The predicted molar refractivity (Wildman–Crippen MR) is 89.8 cm³/mol. The lowest BCUT2D eigenvalue weighted by Crippen LogP contribution is -2.44. The molecule has 132 valence electrons. The molecule has 0 unspecified atom stereocenters. The van der Waals surface area contributed by atoms with E-state index in [2.05, 4.69) is 15.3 Å². The molecular formula is C15H17N5O5. The molecule has 2 aliphatic rings. The average Bonchev–Trinajstić information content (AvgIpc) is 3.00. The lowest BCUT2D eigenvalue weighted by molar-refractivity contribution is -0.0955. The average molecular weight is 347 g/mol. The lowest BCUT2D eigenvalue weighted by atomic mass is 9.96. The van der Waals surface area contributed by atoms with Crippen molar-refractivity contribution >= 4 is 34.4 Å². The smallest absolute Gasteiger partial charge is 0.273 e. The molecule has 0 amide bonds. The second kappa shape index (κ2) is 5.23. The maximum atomic E-state index is 11.8. The Balaban J connectivity index is 1.98. The van der Waals surface area contributed by atoms with Crippen molar-refractivity contribution in [2.45, 2.75) is 31.0 Å². The predicted octanol–water partition coefficient (Wildman–Crippen LogP) is -0.934. The molecule has 2 aliphatic heterocycles. The van der Waals surface area contributed by atoms with Gasteiger partial charge in [-0.2, -0.15) is 4.98 Å². The second-order valence-electron chi connectivity index (χ2n) is 6.33. The van der Waals surface area contributed by atoms with E-state index >= 15 is 0 Å². The number of anilines is 2. The minimum Gasteiger partial charge on any atom is -0.398 e. The van der Waals surface area contributed by atoms with Crippen molar-refractivity contribution in [3.05, 3.63) is 22.6 Å². The van der Waals surface area contributed by atoms with Gasteiger partial charge in [0.15, 0.2) is 6.23 Å². The normalized spacial score (nSPS) is 30.6. The summed E-state index contributed by atoms with van der Waals surface area (Å²) in [5.74, 6) is 0.659. The van der Waals surface area contributed by atoms with Crippen molar-refractivity contribution in [1.82, 2.24) is 9.55 Å². The molecule has 0 aliphatic carbocycles. The van der Waals surface area contributed by atoms with Crippen LogP contribution in [0.1, 0.15) is 13.2 Å². The van der Waals surface area contributed by atoms with E-state index < -0.39 is 36.2 Å². The van der Waals surface area contributed by atoms with Gasteiger partial charge in [0.1, 0.15) is 29.4 Å². The van der Waals surface area contributed by atoms with Gasteiger partial charge in [0.2, 0.25) is 0 Å². The monoisotopic (exact) mass is 347 g/mol. The quantitative estimate of drug-likeness (QED) is 0.466. The highest BCUT2D eigenvalue weighted by Crippen LogP contribution is 2.45. The van der Waals surface area contributed by atoms with Gasteiger partial charge in [0, 0.05) is 23.3 Å². The van der Waals surface area contributed by atoms with Gasteiger partial charge in [-0.05, 0) is 6.92 Å². The van der Waals surface area contributed by atoms with Gasteiger partial charge >= 0.3 is 0 Å². The fourth-order valence-corrected chi connectivity index (χ4v) is 3.33. The molecule has 10 heteroatoms. The van der Waals surface area contributed by atoms with Crippen molar-refractivity contribution < 1.29 is 20.1 Å². The molecule has 4 atom stereocenters. The Morgan fingerprint density at radius 1 is 1.52 bits per heavy atom. The van der Waals surface area contributed by atoms with Crippen LogP contribution in [-0.4, -0.2) is 55.6 Å². The summed E-state index contributed by atoms with van der Waals surface area (Å²) >= 11 is 0. The molecule has 0 saturated carbocycles.